The Morgan fingerprint density at radius 3 is 2.75 bits per heavy atom. The topological polar surface area (TPSA) is 63.9 Å². The van der Waals surface area contributed by atoms with Crippen molar-refractivity contribution >= 4 is 17.7 Å². The number of rotatable bonds is 4. The third-order valence-electron chi connectivity index (χ3n) is 5.11. The van der Waals surface area contributed by atoms with Crippen LogP contribution in [0.15, 0.2) is 47.6 Å². The van der Waals surface area contributed by atoms with Gasteiger partial charge in [0.2, 0.25) is 11.1 Å². The molecule has 0 N–H and O–H groups in total. The highest BCUT2D eigenvalue weighted by atomic mass is 32.2. The second kappa shape index (κ2) is 7.75. The van der Waals surface area contributed by atoms with E-state index in [4.69, 9.17) is 0 Å². The maximum Gasteiger partial charge on any atom is 0.236 e. The summed E-state index contributed by atoms with van der Waals surface area (Å²) in [4.78, 5) is 15.0. The molecule has 2 heterocycles. The molecule has 0 fully saturated rings. The van der Waals surface area contributed by atoms with Crippen molar-refractivity contribution in [2.24, 2.45) is 0 Å². The first-order chi connectivity index (χ1) is 13.5. The van der Waals surface area contributed by atoms with Crippen LogP contribution in [0.2, 0.25) is 0 Å². The van der Waals surface area contributed by atoms with Crippen LogP contribution in [0.25, 0.3) is 5.69 Å². The van der Waals surface area contributed by atoms with Crippen LogP contribution in [0.3, 0.4) is 0 Å². The summed E-state index contributed by atoms with van der Waals surface area (Å²) in [5.74, 6) is 0.120. The minimum atomic E-state index is -0.264. The van der Waals surface area contributed by atoms with E-state index in [-0.39, 0.29) is 11.2 Å². The highest BCUT2D eigenvalue weighted by molar-refractivity contribution is 8.00. The zero-order chi connectivity index (χ0) is 19.7. The molecule has 1 aromatic heterocycles. The summed E-state index contributed by atoms with van der Waals surface area (Å²) in [7, 11) is 0. The quantitative estimate of drug-likeness (QED) is 0.636. The SMILES string of the molecule is Cc1ccc(C)c(-n2nnnc2S[C@H](C)C(=O)N2CCc3ccccc3C2)c1. The minimum Gasteiger partial charge on any atom is -0.337 e. The molecule has 0 saturated carbocycles. The van der Waals surface area contributed by atoms with Crippen molar-refractivity contribution in [3.63, 3.8) is 0 Å². The van der Waals surface area contributed by atoms with E-state index in [1.54, 1.807) is 4.68 Å². The van der Waals surface area contributed by atoms with Gasteiger partial charge in [-0.25, -0.2) is 0 Å². The Labute approximate surface area is 168 Å². The summed E-state index contributed by atoms with van der Waals surface area (Å²) >= 11 is 1.40. The van der Waals surface area contributed by atoms with Crippen molar-refractivity contribution < 1.29 is 4.79 Å². The van der Waals surface area contributed by atoms with Crippen molar-refractivity contribution in [2.75, 3.05) is 6.54 Å². The first-order valence-electron chi connectivity index (χ1n) is 9.41. The van der Waals surface area contributed by atoms with Gasteiger partial charge >= 0.3 is 0 Å². The lowest BCUT2D eigenvalue weighted by molar-refractivity contribution is -0.131. The summed E-state index contributed by atoms with van der Waals surface area (Å²) < 4.78 is 1.72. The lowest BCUT2D eigenvalue weighted by Gasteiger charge is -2.30. The van der Waals surface area contributed by atoms with Crippen LogP contribution in [-0.2, 0) is 17.8 Å². The van der Waals surface area contributed by atoms with Gasteiger partial charge in [0.25, 0.3) is 0 Å². The number of aryl methyl sites for hydroxylation is 2. The number of benzene rings is 2. The Hall–Kier alpha value is -2.67. The molecule has 2 aromatic carbocycles. The lowest BCUT2D eigenvalue weighted by atomic mass is 10.00. The molecule has 6 nitrogen and oxygen atoms in total. The number of amides is 1. The molecule has 1 atom stereocenters. The number of carbonyl (C=O) groups excluding carboxylic acids is 1. The molecule has 144 valence electrons. The van der Waals surface area contributed by atoms with Gasteiger partial charge in [0.05, 0.1) is 10.9 Å². The van der Waals surface area contributed by atoms with Crippen molar-refractivity contribution in [3.8, 4) is 5.69 Å². The molecule has 0 unspecified atom stereocenters. The molecule has 0 spiro atoms. The maximum absolute atomic E-state index is 13.0. The Morgan fingerprint density at radius 1 is 1.14 bits per heavy atom. The number of fused-ring (bicyclic) bond motifs is 1. The normalized spacial score (nSPS) is 14.6. The van der Waals surface area contributed by atoms with E-state index in [9.17, 15) is 4.79 Å². The molecule has 7 heteroatoms. The van der Waals surface area contributed by atoms with Gasteiger partial charge in [-0.2, -0.15) is 4.68 Å². The largest absolute Gasteiger partial charge is 0.337 e. The lowest BCUT2D eigenvalue weighted by Crippen LogP contribution is -2.40. The monoisotopic (exact) mass is 393 g/mol. The third kappa shape index (κ3) is 3.67. The molecule has 1 aliphatic heterocycles. The molecule has 4 rings (SSSR count). The zero-order valence-electron chi connectivity index (χ0n) is 16.3. The third-order valence-corrected chi connectivity index (χ3v) is 6.13. The number of hydrogen-bond donors (Lipinski definition) is 0. The van der Waals surface area contributed by atoms with Crippen LogP contribution in [0.5, 0.6) is 0 Å². The molecule has 0 radical (unpaired) electrons. The van der Waals surface area contributed by atoms with E-state index in [0.29, 0.717) is 11.7 Å². The van der Waals surface area contributed by atoms with E-state index < -0.39 is 0 Å². The summed E-state index contributed by atoms with van der Waals surface area (Å²) in [6.45, 7) is 7.42. The number of aromatic nitrogens is 4. The average molecular weight is 394 g/mol. The summed E-state index contributed by atoms with van der Waals surface area (Å²) in [6, 6.07) is 14.5. The van der Waals surface area contributed by atoms with Crippen LogP contribution < -0.4 is 0 Å². The van der Waals surface area contributed by atoms with E-state index >= 15 is 0 Å². The van der Waals surface area contributed by atoms with Gasteiger partial charge in [-0.15, -0.1) is 5.10 Å². The Balaban J connectivity index is 1.51. The highest BCUT2D eigenvalue weighted by Crippen LogP contribution is 2.27. The fourth-order valence-corrected chi connectivity index (χ4v) is 4.39. The van der Waals surface area contributed by atoms with Gasteiger partial charge < -0.3 is 4.90 Å². The molecule has 1 amide bonds. The first-order valence-corrected chi connectivity index (χ1v) is 10.3. The van der Waals surface area contributed by atoms with Crippen LogP contribution >= 0.6 is 11.8 Å². The van der Waals surface area contributed by atoms with E-state index in [1.165, 1.54) is 22.9 Å². The van der Waals surface area contributed by atoms with Crippen LogP contribution in [0.1, 0.15) is 29.2 Å². The predicted octanol–water partition coefficient (Wildman–Crippen LogP) is 3.34. The van der Waals surface area contributed by atoms with Crippen molar-refractivity contribution in [1.29, 1.82) is 0 Å². The van der Waals surface area contributed by atoms with Crippen LogP contribution in [0.4, 0.5) is 0 Å². The molecule has 3 aromatic rings. The van der Waals surface area contributed by atoms with Gasteiger partial charge in [0.15, 0.2) is 0 Å². The number of thioether (sulfide) groups is 1. The molecule has 0 aliphatic carbocycles. The summed E-state index contributed by atoms with van der Waals surface area (Å²) in [6.07, 6.45) is 0.902. The van der Waals surface area contributed by atoms with E-state index in [2.05, 4.69) is 51.9 Å². The Kier molecular flexibility index (Phi) is 5.17. The Morgan fingerprint density at radius 2 is 1.93 bits per heavy atom. The smallest absolute Gasteiger partial charge is 0.236 e. The predicted molar refractivity (Wildman–Crippen MR) is 110 cm³/mol. The standard InChI is InChI=1S/C21H23N5OS/c1-14-8-9-15(2)19(12-14)26-21(22-23-24-26)28-16(3)20(27)25-11-10-17-6-4-5-7-18(17)13-25/h4-9,12,16H,10-11,13H2,1-3H3/t16-/m1/s1. The molecule has 28 heavy (non-hydrogen) atoms. The van der Waals surface area contributed by atoms with Crippen molar-refractivity contribution in [2.45, 2.75) is 44.1 Å². The zero-order valence-corrected chi connectivity index (χ0v) is 17.1. The number of tetrazole rings is 1. The second-order valence-electron chi connectivity index (χ2n) is 7.20. The number of carbonyl (C=O) groups is 1. The van der Waals surface area contributed by atoms with Gasteiger partial charge in [0, 0.05) is 13.1 Å². The first kappa shape index (κ1) is 18.7. The minimum absolute atomic E-state index is 0.120. The average Bonchev–Trinajstić information content (AvgIpc) is 3.16. The maximum atomic E-state index is 13.0. The molecular weight excluding hydrogens is 370 g/mol. The van der Waals surface area contributed by atoms with E-state index in [0.717, 1.165) is 29.8 Å². The number of nitrogens with zero attached hydrogens (tertiary/aromatic N) is 5. The molecular formula is C21H23N5OS. The molecule has 0 saturated heterocycles. The van der Waals surface area contributed by atoms with Gasteiger partial charge in [-0.3, -0.25) is 4.79 Å². The van der Waals surface area contributed by atoms with Crippen LogP contribution in [0, 0.1) is 13.8 Å². The molecule has 1 aliphatic rings. The van der Waals surface area contributed by atoms with Crippen LogP contribution in [-0.4, -0.2) is 42.8 Å². The van der Waals surface area contributed by atoms with Crippen molar-refractivity contribution in [3.05, 3.63) is 64.7 Å². The van der Waals surface area contributed by atoms with Gasteiger partial charge in [-0.1, -0.05) is 48.2 Å². The highest BCUT2D eigenvalue weighted by Gasteiger charge is 2.27. The van der Waals surface area contributed by atoms with E-state index in [1.807, 2.05) is 31.7 Å². The van der Waals surface area contributed by atoms with Crippen molar-refractivity contribution in [1.82, 2.24) is 25.1 Å². The summed E-state index contributed by atoms with van der Waals surface area (Å²) in [5, 5.41) is 12.5. The Bertz CT molecular complexity index is 1020. The van der Waals surface area contributed by atoms with Gasteiger partial charge in [0.1, 0.15) is 0 Å². The van der Waals surface area contributed by atoms with Gasteiger partial charge in [-0.05, 0) is 65.9 Å². The summed E-state index contributed by atoms with van der Waals surface area (Å²) in [5.41, 5.74) is 5.75. The molecule has 0 bridgehead atoms. The second-order valence-corrected chi connectivity index (χ2v) is 8.51. The fraction of sp³-hybridized carbons (Fsp3) is 0.333. The fourth-order valence-electron chi connectivity index (χ4n) is 3.50. The number of hydrogen-bond acceptors (Lipinski definition) is 5.